The number of carbonyl (C=O) groups is 1. The monoisotopic (exact) mass is 426 g/mol. The number of aryl methyl sites for hydroxylation is 1. The van der Waals surface area contributed by atoms with Gasteiger partial charge in [-0.15, -0.1) is 11.3 Å². The number of carbonyl (C=O) groups excluding carboxylic acids is 1. The summed E-state index contributed by atoms with van der Waals surface area (Å²) in [6.07, 6.45) is 1.79. The Morgan fingerprint density at radius 1 is 1.20 bits per heavy atom. The van der Waals surface area contributed by atoms with E-state index in [2.05, 4.69) is 15.3 Å². The minimum absolute atomic E-state index is 0.111. The summed E-state index contributed by atoms with van der Waals surface area (Å²) in [5, 5.41) is 3.08. The number of thiophene rings is 1. The second-order valence-electron chi connectivity index (χ2n) is 7.58. The number of aromatic nitrogens is 2. The fraction of sp³-hybridized carbons (Fsp3) is 0.409. The highest BCUT2D eigenvalue weighted by atomic mass is 32.1. The highest BCUT2D eigenvalue weighted by molar-refractivity contribution is 7.17. The Labute approximate surface area is 180 Å². The molecular weight excluding hydrogens is 400 g/mol. The predicted molar refractivity (Wildman–Crippen MR) is 120 cm³/mol. The van der Waals surface area contributed by atoms with Crippen LogP contribution in [0, 0.1) is 6.92 Å². The van der Waals surface area contributed by atoms with Gasteiger partial charge in [0, 0.05) is 31.6 Å². The molecule has 158 valence electrons. The van der Waals surface area contributed by atoms with Crippen molar-refractivity contribution < 1.29 is 14.3 Å². The lowest BCUT2D eigenvalue weighted by Crippen LogP contribution is -2.43. The number of hydrogen-bond donors (Lipinski definition) is 0. The van der Waals surface area contributed by atoms with Crippen LogP contribution in [0.2, 0.25) is 0 Å². The molecule has 3 aromatic rings. The van der Waals surface area contributed by atoms with E-state index in [0.29, 0.717) is 17.3 Å². The van der Waals surface area contributed by atoms with Crippen LogP contribution in [0.15, 0.2) is 23.6 Å². The number of likely N-dealkylation sites (N-methyl/N-ethyl adjacent to an activating group) is 1. The van der Waals surface area contributed by atoms with Crippen LogP contribution >= 0.6 is 11.3 Å². The highest BCUT2D eigenvalue weighted by Crippen LogP contribution is 2.42. The Balaban J connectivity index is 1.88. The molecule has 1 aliphatic heterocycles. The molecule has 3 heterocycles. The minimum atomic E-state index is -0.198. The zero-order valence-electron chi connectivity index (χ0n) is 17.9. The molecular formula is C22H26N4O3S. The molecule has 1 saturated heterocycles. The summed E-state index contributed by atoms with van der Waals surface area (Å²) in [5.41, 5.74) is 2.04. The van der Waals surface area contributed by atoms with Crippen molar-refractivity contribution in [3.05, 3.63) is 29.4 Å². The number of ether oxygens (including phenoxy) is 2. The topological polar surface area (TPSA) is 67.8 Å². The third-order valence-electron chi connectivity index (χ3n) is 5.47. The van der Waals surface area contributed by atoms with E-state index in [-0.39, 0.29) is 11.9 Å². The summed E-state index contributed by atoms with van der Waals surface area (Å²) < 4.78 is 10.9. The number of fused-ring (bicyclic) bond motifs is 1. The first-order valence-electron chi connectivity index (χ1n) is 9.90. The molecule has 0 saturated carbocycles. The van der Waals surface area contributed by atoms with Gasteiger partial charge in [-0.25, -0.2) is 9.97 Å². The van der Waals surface area contributed by atoms with Gasteiger partial charge in [0.25, 0.3) is 0 Å². The number of rotatable bonds is 5. The quantitative estimate of drug-likeness (QED) is 0.619. The van der Waals surface area contributed by atoms with Crippen LogP contribution in [-0.4, -0.2) is 61.7 Å². The fourth-order valence-electron chi connectivity index (χ4n) is 4.03. The van der Waals surface area contributed by atoms with Crippen molar-refractivity contribution in [3.8, 4) is 22.6 Å². The fourth-order valence-corrected chi connectivity index (χ4v) is 5.01. The van der Waals surface area contributed by atoms with Crippen molar-refractivity contribution in [1.82, 2.24) is 14.9 Å². The maximum atomic E-state index is 12.8. The molecule has 0 spiro atoms. The van der Waals surface area contributed by atoms with Crippen LogP contribution in [0.25, 0.3) is 21.3 Å². The van der Waals surface area contributed by atoms with Crippen molar-refractivity contribution in [1.29, 1.82) is 0 Å². The van der Waals surface area contributed by atoms with E-state index in [1.54, 1.807) is 44.6 Å². The van der Waals surface area contributed by atoms with Gasteiger partial charge in [0.15, 0.2) is 11.5 Å². The lowest BCUT2D eigenvalue weighted by Gasteiger charge is -2.28. The Hall–Kier alpha value is -2.87. The number of benzene rings is 1. The van der Waals surface area contributed by atoms with Gasteiger partial charge in [-0.05, 0) is 37.5 Å². The molecule has 1 amide bonds. The van der Waals surface area contributed by atoms with E-state index < -0.39 is 0 Å². The average Bonchev–Trinajstić information content (AvgIpc) is 3.39. The molecule has 1 fully saturated rings. The maximum absolute atomic E-state index is 12.8. The molecule has 7 nitrogen and oxygen atoms in total. The van der Waals surface area contributed by atoms with Gasteiger partial charge < -0.3 is 19.3 Å². The SMILES string of the molecule is COc1ccc(-c2csc3nc(C)nc(N4CCC[C@H]4C(=O)N(C)C)c23)cc1OC. The van der Waals surface area contributed by atoms with E-state index in [9.17, 15) is 4.79 Å². The van der Waals surface area contributed by atoms with Gasteiger partial charge in [-0.2, -0.15) is 0 Å². The van der Waals surface area contributed by atoms with Crippen LogP contribution in [0.1, 0.15) is 18.7 Å². The normalized spacial score (nSPS) is 16.2. The van der Waals surface area contributed by atoms with Crippen LogP contribution < -0.4 is 14.4 Å². The Morgan fingerprint density at radius 2 is 1.97 bits per heavy atom. The van der Waals surface area contributed by atoms with Crippen LogP contribution in [0.5, 0.6) is 11.5 Å². The standard InChI is InChI=1S/C22H26N4O3S/c1-13-23-20(26-10-6-7-16(26)22(27)25(2)3)19-15(12-30-21(19)24-13)14-8-9-17(28-4)18(11-14)29-5/h8-9,11-12,16H,6-7,10H2,1-5H3/t16-/m0/s1. The van der Waals surface area contributed by atoms with Crippen LogP contribution in [0.3, 0.4) is 0 Å². The molecule has 8 heteroatoms. The van der Waals surface area contributed by atoms with Gasteiger partial charge in [0.05, 0.1) is 19.6 Å². The van der Waals surface area contributed by atoms with Crippen molar-refractivity contribution in [3.63, 3.8) is 0 Å². The zero-order chi connectivity index (χ0) is 21.4. The van der Waals surface area contributed by atoms with Gasteiger partial charge in [0.2, 0.25) is 5.91 Å². The largest absolute Gasteiger partial charge is 0.493 e. The summed E-state index contributed by atoms with van der Waals surface area (Å²) >= 11 is 1.59. The maximum Gasteiger partial charge on any atom is 0.244 e. The Morgan fingerprint density at radius 3 is 2.67 bits per heavy atom. The first kappa shape index (κ1) is 20.4. The summed E-state index contributed by atoms with van der Waals surface area (Å²) in [6, 6.07) is 5.69. The molecule has 0 bridgehead atoms. The van der Waals surface area contributed by atoms with E-state index >= 15 is 0 Å². The summed E-state index contributed by atoms with van der Waals surface area (Å²) in [4.78, 5) is 27.0. The molecule has 30 heavy (non-hydrogen) atoms. The van der Waals surface area contributed by atoms with Crippen molar-refractivity contribution >= 4 is 33.3 Å². The summed E-state index contributed by atoms with van der Waals surface area (Å²) in [6.45, 7) is 2.70. The number of hydrogen-bond acceptors (Lipinski definition) is 7. The van der Waals surface area contributed by atoms with Crippen molar-refractivity contribution in [2.75, 3.05) is 39.8 Å². The lowest BCUT2D eigenvalue weighted by atomic mass is 10.0. The van der Waals surface area contributed by atoms with E-state index in [4.69, 9.17) is 14.5 Å². The molecule has 4 rings (SSSR count). The Bertz CT molecular complexity index is 1100. The van der Waals surface area contributed by atoms with Gasteiger partial charge >= 0.3 is 0 Å². The van der Waals surface area contributed by atoms with Crippen LogP contribution in [0.4, 0.5) is 5.82 Å². The van der Waals surface area contributed by atoms with Gasteiger partial charge in [-0.3, -0.25) is 4.79 Å². The molecule has 2 aromatic heterocycles. The molecule has 0 radical (unpaired) electrons. The van der Waals surface area contributed by atoms with E-state index in [0.717, 1.165) is 46.5 Å². The predicted octanol–water partition coefficient (Wildman–Crippen LogP) is 3.74. The molecule has 1 aliphatic rings. The Kier molecular flexibility index (Phi) is 5.51. The molecule has 0 aliphatic carbocycles. The van der Waals surface area contributed by atoms with E-state index in [1.165, 1.54) is 0 Å². The smallest absolute Gasteiger partial charge is 0.244 e. The molecule has 1 atom stereocenters. The number of nitrogens with zero attached hydrogens (tertiary/aromatic N) is 4. The first-order chi connectivity index (χ1) is 14.4. The van der Waals surface area contributed by atoms with E-state index in [1.807, 2.05) is 25.1 Å². The summed E-state index contributed by atoms with van der Waals surface area (Å²) in [5.74, 6) is 3.01. The minimum Gasteiger partial charge on any atom is -0.493 e. The zero-order valence-corrected chi connectivity index (χ0v) is 18.7. The highest BCUT2D eigenvalue weighted by Gasteiger charge is 2.34. The first-order valence-corrected chi connectivity index (χ1v) is 10.8. The summed E-state index contributed by atoms with van der Waals surface area (Å²) in [7, 11) is 6.87. The third-order valence-corrected chi connectivity index (χ3v) is 6.34. The van der Waals surface area contributed by atoms with Crippen molar-refractivity contribution in [2.45, 2.75) is 25.8 Å². The second-order valence-corrected chi connectivity index (χ2v) is 8.44. The number of amides is 1. The molecule has 1 aromatic carbocycles. The lowest BCUT2D eigenvalue weighted by molar-refractivity contribution is -0.129. The number of methoxy groups -OCH3 is 2. The molecule has 0 N–H and O–H groups in total. The van der Waals surface area contributed by atoms with Gasteiger partial charge in [0.1, 0.15) is 22.5 Å². The van der Waals surface area contributed by atoms with Crippen LogP contribution in [-0.2, 0) is 4.79 Å². The van der Waals surface area contributed by atoms with Gasteiger partial charge in [-0.1, -0.05) is 6.07 Å². The van der Waals surface area contributed by atoms with Crippen molar-refractivity contribution in [2.24, 2.45) is 0 Å². The average molecular weight is 427 g/mol. The number of anilines is 1. The molecule has 0 unspecified atom stereocenters. The second kappa shape index (κ2) is 8.10. The third kappa shape index (κ3) is 3.45.